The van der Waals surface area contributed by atoms with Gasteiger partial charge < -0.3 is 14.2 Å². The molecule has 1 unspecified atom stereocenters. The molecule has 2 aliphatic rings. The molecule has 0 spiro atoms. The first kappa shape index (κ1) is 14.7. The fraction of sp³-hybridized carbons (Fsp3) is 0.750. The largest absolute Gasteiger partial charge is 0.534 e. The second kappa shape index (κ2) is 7.20. The minimum Gasteiger partial charge on any atom is -0.430 e. The topological polar surface area (TPSA) is 91.4 Å². The lowest BCUT2D eigenvalue weighted by molar-refractivity contribution is -0.181. The number of hydrogen-bond donors (Lipinski definition) is 0. The maximum atomic E-state index is 11.3. The first-order valence-electron chi connectivity index (χ1n) is 6.60. The van der Waals surface area contributed by atoms with E-state index in [0.29, 0.717) is 11.7 Å². The van der Waals surface area contributed by atoms with E-state index < -0.39 is 18.0 Å². The van der Waals surface area contributed by atoms with Gasteiger partial charge in [0.05, 0.1) is 6.61 Å². The zero-order valence-electron chi connectivity index (χ0n) is 11.0. The van der Waals surface area contributed by atoms with E-state index in [-0.39, 0.29) is 32.3 Å². The molecule has 20 heavy (non-hydrogen) atoms. The maximum Gasteiger partial charge on any atom is 0.534 e. The number of hydrogen-bond acceptors (Lipinski definition) is 7. The van der Waals surface area contributed by atoms with Gasteiger partial charge in [0.2, 0.25) is 0 Å². The molecule has 112 valence electrons. The summed E-state index contributed by atoms with van der Waals surface area (Å²) in [5, 5.41) is 0.438. The van der Waals surface area contributed by atoms with Gasteiger partial charge in [0.15, 0.2) is 6.29 Å². The minimum atomic E-state index is -1.10. The van der Waals surface area contributed by atoms with Gasteiger partial charge in [-0.15, -0.1) is 0 Å². The van der Waals surface area contributed by atoms with Gasteiger partial charge in [-0.1, -0.05) is 5.06 Å². The number of nitrogens with zero attached hydrogens (tertiary/aromatic N) is 1. The second-order valence-corrected chi connectivity index (χ2v) is 4.44. The van der Waals surface area contributed by atoms with E-state index in [2.05, 4.69) is 4.84 Å². The average Bonchev–Trinajstić information content (AvgIpc) is 2.77. The summed E-state index contributed by atoms with van der Waals surface area (Å²) in [6, 6.07) is 0. The van der Waals surface area contributed by atoms with Crippen molar-refractivity contribution in [1.29, 1.82) is 0 Å². The molecule has 2 rings (SSSR count). The number of carbonyl (C=O) groups excluding carboxylic acids is 3. The highest BCUT2D eigenvalue weighted by molar-refractivity contribution is 6.01. The fourth-order valence-corrected chi connectivity index (χ4v) is 1.91. The Kier molecular flexibility index (Phi) is 5.31. The van der Waals surface area contributed by atoms with Crippen molar-refractivity contribution in [1.82, 2.24) is 5.06 Å². The highest BCUT2D eigenvalue weighted by atomic mass is 16.8. The highest BCUT2D eigenvalue weighted by Gasteiger charge is 2.33. The molecule has 0 saturated carbocycles. The van der Waals surface area contributed by atoms with Gasteiger partial charge in [-0.3, -0.25) is 14.4 Å². The molecule has 0 aromatic rings. The third-order valence-corrected chi connectivity index (χ3v) is 2.92. The highest BCUT2D eigenvalue weighted by Crippen LogP contribution is 2.14. The quantitative estimate of drug-likeness (QED) is 0.418. The number of imide groups is 1. The molecule has 0 N–H and O–H groups in total. The molecular weight excluding hydrogens is 270 g/mol. The molecular formula is C12H17NO7. The lowest BCUT2D eigenvalue weighted by atomic mass is 10.2. The predicted molar refractivity (Wildman–Crippen MR) is 63.1 cm³/mol. The summed E-state index contributed by atoms with van der Waals surface area (Å²) in [4.78, 5) is 38.2. The van der Waals surface area contributed by atoms with E-state index in [1.54, 1.807) is 0 Å². The van der Waals surface area contributed by atoms with E-state index in [4.69, 9.17) is 14.2 Å². The van der Waals surface area contributed by atoms with Crippen molar-refractivity contribution in [3.05, 3.63) is 0 Å². The van der Waals surface area contributed by atoms with Crippen LogP contribution >= 0.6 is 0 Å². The van der Waals surface area contributed by atoms with Crippen LogP contribution in [0, 0.1) is 0 Å². The van der Waals surface area contributed by atoms with Gasteiger partial charge in [0.1, 0.15) is 6.61 Å². The molecule has 8 heteroatoms. The molecule has 2 saturated heterocycles. The van der Waals surface area contributed by atoms with Crippen LogP contribution in [0.4, 0.5) is 4.79 Å². The Morgan fingerprint density at radius 3 is 2.60 bits per heavy atom. The van der Waals surface area contributed by atoms with Crippen molar-refractivity contribution in [2.45, 2.75) is 38.4 Å². The van der Waals surface area contributed by atoms with Crippen LogP contribution in [0.3, 0.4) is 0 Å². The summed E-state index contributed by atoms with van der Waals surface area (Å²) in [7, 11) is 0. The van der Waals surface area contributed by atoms with Crippen LogP contribution in [0.5, 0.6) is 0 Å². The summed E-state index contributed by atoms with van der Waals surface area (Å²) < 4.78 is 15.4. The first-order valence-corrected chi connectivity index (χ1v) is 6.60. The van der Waals surface area contributed by atoms with Crippen LogP contribution < -0.4 is 0 Å². The Morgan fingerprint density at radius 2 is 1.95 bits per heavy atom. The van der Waals surface area contributed by atoms with Crippen molar-refractivity contribution in [3.8, 4) is 0 Å². The van der Waals surface area contributed by atoms with Crippen LogP contribution in [0.2, 0.25) is 0 Å². The van der Waals surface area contributed by atoms with E-state index in [9.17, 15) is 14.4 Å². The van der Waals surface area contributed by atoms with E-state index in [0.717, 1.165) is 19.3 Å². The molecule has 0 radical (unpaired) electrons. The Labute approximate surface area is 115 Å². The zero-order chi connectivity index (χ0) is 14.4. The van der Waals surface area contributed by atoms with Crippen LogP contribution in [-0.4, -0.2) is 49.1 Å². The summed E-state index contributed by atoms with van der Waals surface area (Å²) in [6.45, 7) is 0.809. The van der Waals surface area contributed by atoms with Gasteiger partial charge in [0, 0.05) is 19.4 Å². The Balaban J connectivity index is 1.58. The minimum absolute atomic E-state index is 0.0328. The average molecular weight is 287 g/mol. The van der Waals surface area contributed by atoms with Gasteiger partial charge in [-0.2, -0.15) is 0 Å². The standard InChI is InChI=1S/C12H17NO7/c14-9-4-5-10(15)13(9)20-12(16)19-8-7-18-11-3-1-2-6-17-11/h11H,1-8H2. The maximum absolute atomic E-state index is 11.3. The smallest absolute Gasteiger partial charge is 0.430 e. The predicted octanol–water partition coefficient (Wildman–Crippen LogP) is 0.747. The second-order valence-electron chi connectivity index (χ2n) is 4.44. The summed E-state index contributed by atoms with van der Waals surface area (Å²) >= 11 is 0. The van der Waals surface area contributed by atoms with Crippen molar-refractivity contribution >= 4 is 18.0 Å². The zero-order valence-corrected chi connectivity index (χ0v) is 11.0. The molecule has 2 aliphatic heterocycles. The number of ether oxygens (including phenoxy) is 3. The fourth-order valence-electron chi connectivity index (χ4n) is 1.91. The Morgan fingerprint density at radius 1 is 1.20 bits per heavy atom. The van der Waals surface area contributed by atoms with Crippen molar-refractivity contribution in [3.63, 3.8) is 0 Å². The van der Waals surface area contributed by atoms with Gasteiger partial charge in [-0.05, 0) is 19.3 Å². The van der Waals surface area contributed by atoms with Crippen molar-refractivity contribution in [2.75, 3.05) is 19.8 Å². The molecule has 2 fully saturated rings. The number of amides is 2. The molecule has 0 aromatic heterocycles. The lowest BCUT2D eigenvalue weighted by Crippen LogP contribution is -2.32. The van der Waals surface area contributed by atoms with Crippen molar-refractivity contribution in [2.24, 2.45) is 0 Å². The Bertz CT molecular complexity index is 362. The van der Waals surface area contributed by atoms with E-state index in [1.165, 1.54) is 0 Å². The molecule has 2 heterocycles. The molecule has 8 nitrogen and oxygen atoms in total. The van der Waals surface area contributed by atoms with Crippen LogP contribution in [0.1, 0.15) is 32.1 Å². The number of hydroxylamine groups is 2. The molecule has 1 atom stereocenters. The Hall–Kier alpha value is -1.67. The normalized spacial score (nSPS) is 23.0. The number of rotatable bonds is 5. The SMILES string of the molecule is O=C(OCCOC1CCCCO1)ON1C(=O)CCC1=O. The van der Waals surface area contributed by atoms with Crippen LogP contribution in [0.25, 0.3) is 0 Å². The third-order valence-electron chi connectivity index (χ3n) is 2.92. The van der Waals surface area contributed by atoms with Gasteiger partial charge in [-0.25, -0.2) is 4.79 Å². The third kappa shape index (κ3) is 4.17. The van der Waals surface area contributed by atoms with E-state index >= 15 is 0 Å². The van der Waals surface area contributed by atoms with Crippen LogP contribution in [-0.2, 0) is 28.6 Å². The lowest BCUT2D eigenvalue weighted by Gasteiger charge is -2.22. The van der Waals surface area contributed by atoms with Crippen molar-refractivity contribution < 1.29 is 33.4 Å². The molecule has 0 aliphatic carbocycles. The monoisotopic (exact) mass is 287 g/mol. The van der Waals surface area contributed by atoms with E-state index in [1.807, 2.05) is 0 Å². The number of carbonyl (C=O) groups is 3. The van der Waals surface area contributed by atoms with Gasteiger partial charge in [0.25, 0.3) is 11.8 Å². The van der Waals surface area contributed by atoms with Gasteiger partial charge >= 0.3 is 6.16 Å². The molecule has 0 aromatic carbocycles. The molecule has 2 amide bonds. The summed E-state index contributed by atoms with van der Waals surface area (Å²) in [5.41, 5.74) is 0. The first-order chi connectivity index (χ1) is 9.66. The van der Waals surface area contributed by atoms with Crippen LogP contribution in [0.15, 0.2) is 0 Å². The summed E-state index contributed by atoms with van der Waals surface area (Å²) in [5.74, 6) is -1.09. The molecule has 0 bridgehead atoms. The summed E-state index contributed by atoms with van der Waals surface area (Å²) in [6.07, 6.45) is 1.64.